The molecule has 0 heterocycles. The number of amides is 1. The van der Waals surface area contributed by atoms with Crippen molar-refractivity contribution in [2.45, 2.75) is 46.6 Å². The van der Waals surface area contributed by atoms with Crippen LogP contribution in [0, 0.1) is 0 Å². The van der Waals surface area contributed by atoms with Crippen LogP contribution in [0.25, 0.3) is 0 Å². The number of carbonyl (C=O) groups is 1. The number of carbonyl (C=O) groups excluding carboxylic acids is 1. The summed E-state index contributed by atoms with van der Waals surface area (Å²) in [5.74, 6) is 0.517. The lowest BCUT2D eigenvalue weighted by molar-refractivity contribution is -0.118. The van der Waals surface area contributed by atoms with Crippen molar-refractivity contribution in [1.29, 1.82) is 0 Å². The van der Waals surface area contributed by atoms with Gasteiger partial charge in [0.05, 0.1) is 0 Å². The standard InChI is InChI=1S/C13H12O2.C11H25NO4Si/c14-12-7-3-1-5-10(12)9-11-6-2-4-8-13(11)15;1-5-14-17(15-6-2,16-7-3)10-8-9-12-11(4)13/h1-8,14-15H,9H2;5-10H2,1-4H3,(H,12,13). The molecule has 0 aliphatic heterocycles. The maximum atomic E-state index is 10.8. The van der Waals surface area contributed by atoms with Gasteiger partial charge in [0.2, 0.25) is 5.91 Å². The van der Waals surface area contributed by atoms with Crippen LogP contribution in [0.1, 0.15) is 45.2 Å². The number of hydrogen-bond donors (Lipinski definition) is 3. The van der Waals surface area contributed by atoms with Crippen LogP contribution in [0.5, 0.6) is 11.5 Å². The first-order valence-electron chi connectivity index (χ1n) is 11.1. The Kier molecular flexibility index (Phi) is 13.3. The molecule has 0 aliphatic rings. The predicted molar refractivity (Wildman–Crippen MR) is 128 cm³/mol. The van der Waals surface area contributed by atoms with E-state index in [2.05, 4.69) is 5.32 Å². The van der Waals surface area contributed by atoms with Gasteiger partial charge < -0.3 is 28.8 Å². The van der Waals surface area contributed by atoms with Gasteiger partial charge in [0, 0.05) is 45.8 Å². The van der Waals surface area contributed by atoms with Gasteiger partial charge in [-0.2, -0.15) is 0 Å². The first-order chi connectivity index (χ1) is 15.4. The first kappa shape index (κ1) is 27.6. The van der Waals surface area contributed by atoms with Gasteiger partial charge in [-0.05, 0) is 50.5 Å². The summed E-state index contributed by atoms with van der Waals surface area (Å²) in [6, 6.07) is 15.0. The van der Waals surface area contributed by atoms with Crippen LogP contribution in [0.2, 0.25) is 6.04 Å². The van der Waals surface area contributed by atoms with Crippen molar-refractivity contribution < 1.29 is 28.3 Å². The van der Waals surface area contributed by atoms with Crippen molar-refractivity contribution in [2.24, 2.45) is 0 Å². The van der Waals surface area contributed by atoms with Gasteiger partial charge >= 0.3 is 8.80 Å². The number of para-hydroxylation sites is 2. The minimum atomic E-state index is -2.52. The Bertz CT molecular complexity index is 741. The highest BCUT2D eigenvalue weighted by molar-refractivity contribution is 6.60. The fraction of sp³-hybridized carbons (Fsp3) is 0.458. The molecule has 0 fully saturated rings. The fourth-order valence-electron chi connectivity index (χ4n) is 3.10. The van der Waals surface area contributed by atoms with E-state index in [0.717, 1.165) is 23.6 Å². The minimum Gasteiger partial charge on any atom is -0.508 e. The molecular formula is C24H37NO6Si. The van der Waals surface area contributed by atoms with Crippen molar-refractivity contribution in [1.82, 2.24) is 5.32 Å². The zero-order chi connectivity index (χ0) is 23.8. The molecule has 1 amide bonds. The molecule has 3 N–H and O–H groups in total. The van der Waals surface area contributed by atoms with Gasteiger partial charge in [-0.15, -0.1) is 0 Å². The monoisotopic (exact) mass is 463 g/mol. The summed E-state index contributed by atoms with van der Waals surface area (Å²) < 4.78 is 17.1. The number of phenols is 2. The molecule has 0 spiro atoms. The summed E-state index contributed by atoms with van der Waals surface area (Å²) in [6.07, 6.45) is 1.35. The zero-order valence-electron chi connectivity index (χ0n) is 19.6. The van der Waals surface area contributed by atoms with E-state index in [9.17, 15) is 15.0 Å². The molecule has 2 aromatic rings. The van der Waals surface area contributed by atoms with E-state index in [1.54, 1.807) is 24.3 Å². The van der Waals surface area contributed by atoms with Crippen molar-refractivity contribution >= 4 is 14.7 Å². The molecule has 178 valence electrons. The highest BCUT2D eigenvalue weighted by Gasteiger charge is 2.39. The van der Waals surface area contributed by atoms with Crippen molar-refractivity contribution in [3.05, 3.63) is 59.7 Å². The Labute approximate surface area is 192 Å². The quantitative estimate of drug-likeness (QED) is 0.322. The lowest BCUT2D eigenvalue weighted by atomic mass is 10.0. The van der Waals surface area contributed by atoms with Crippen molar-refractivity contribution in [2.75, 3.05) is 26.4 Å². The summed E-state index contributed by atoms with van der Waals surface area (Å²) in [6.45, 7) is 9.73. The van der Waals surface area contributed by atoms with Crippen LogP contribution < -0.4 is 5.32 Å². The molecule has 7 nitrogen and oxygen atoms in total. The van der Waals surface area contributed by atoms with Crippen molar-refractivity contribution in [3.8, 4) is 11.5 Å². The molecule has 8 heteroatoms. The topological polar surface area (TPSA) is 97.3 Å². The minimum absolute atomic E-state index is 0.0125. The van der Waals surface area contributed by atoms with Crippen molar-refractivity contribution in [3.63, 3.8) is 0 Å². The summed E-state index contributed by atoms with van der Waals surface area (Å²) in [7, 11) is -2.52. The first-order valence-corrected chi connectivity index (χ1v) is 13.0. The number of phenolic OH excluding ortho intramolecular Hbond substituents is 2. The van der Waals surface area contributed by atoms with E-state index < -0.39 is 8.80 Å². The second-order valence-corrected chi connectivity index (χ2v) is 9.73. The molecular weight excluding hydrogens is 426 g/mol. The largest absolute Gasteiger partial charge is 0.508 e. The molecule has 0 saturated carbocycles. The summed E-state index contributed by atoms with van der Waals surface area (Å²) in [4.78, 5) is 10.8. The molecule has 2 rings (SSSR count). The molecule has 2 aromatic carbocycles. The normalized spacial score (nSPS) is 10.9. The Hall–Kier alpha value is -2.39. The van der Waals surface area contributed by atoms with Gasteiger partial charge in [0.1, 0.15) is 11.5 Å². The average Bonchev–Trinajstić information content (AvgIpc) is 2.75. The van der Waals surface area contributed by atoms with Gasteiger partial charge in [-0.1, -0.05) is 36.4 Å². The maximum absolute atomic E-state index is 10.8. The number of nitrogens with one attached hydrogen (secondary N) is 1. The number of benzene rings is 2. The number of aromatic hydroxyl groups is 2. The van der Waals surface area contributed by atoms with Gasteiger partial charge in [0.25, 0.3) is 0 Å². The molecule has 0 atom stereocenters. The third kappa shape index (κ3) is 10.3. The van der Waals surface area contributed by atoms with E-state index in [1.165, 1.54) is 6.92 Å². The fourth-order valence-corrected chi connectivity index (χ4v) is 5.71. The van der Waals surface area contributed by atoms with E-state index in [-0.39, 0.29) is 17.4 Å². The highest BCUT2D eigenvalue weighted by atomic mass is 28.4. The van der Waals surface area contributed by atoms with E-state index in [0.29, 0.717) is 32.8 Å². The Balaban J connectivity index is 0.000000321. The molecule has 0 saturated heterocycles. The summed E-state index contributed by atoms with van der Waals surface area (Å²) in [5.41, 5.74) is 1.64. The molecule has 0 radical (unpaired) electrons. The predicted octanol–water partition coefficient (Wildman–Crippen LogP) is 4.25. The van der Waals surface area contributed by atoms with E-state index in [4.69, 9.17) is 13.3 Å². The third-order valence-electron chi connectivity index (χ3n) is 4.49. The second-order valence-electron chi connectivity index (χ2n) is 7.00. The third-order valence-corrected chi connectivity index (χ3v) is 7.64. The lowest BCUT2D eigenvalue weighted by Crippen LogP contribution is -2.46. The summed E-state index contributed by atoms with van der Waals surface area (Å²) in [5, 5.41) is 21.9. The Morgan fingerprint density at radius 1 is 0.844 bits per heavy atom. The molecule has 0 unspecified atom stereocenters. The van der Waals surface area contributed by atoms with E-state index >= 15 is 0 Å². The molecule has 0 aromatic heterocycles. The Morgan fingerprint density at radius 2 is 1.28 bits per heavy atom. The number of hydrogen-bond acceptors (Lipinski definition) is 6. The van der Waals surface area contributed by atoms with Gasteiger partial charge in [-0.25, -0.2) is 0 Å². The van der Waals surface area contributed by atoms with Crippen LogP contribution in [-0.2, 0) is 24.5 Å². The average molecular weight is 464 g/mol. The Morgan fingerprint density at radius 3 is 1.66 bits per heavy atom. The smallest absolute Gasteiger partial charge is 0.500 e. The second kappa shape index (κ2) is 15.4. The van der Waals surface area contributed by atoms with Crippen LogP contribution in [-0.4, -0.2) is 51.3 Å². The molecule has 32 heavy (non-hydrogen) atoms. The van der Waals surface area contributed by atoms with Gasteiger partial charge in [0.15, 0.2) is 0 Å². The summed E-state index contributed by atoms with van der Waals surface area (Å²) >= 11 is 0. The van der Waals surface area contributed by atoms with Gasteiger partial charge in [-0.3, -0.25) is 4.79 Å². The van der Waals surface area contributed by atoms with E-state index in [1.807, 2.05) is 45.0 Å². The maximum Gasteiger partial charge on any atom is 0.500 e. The van der Waals surface area contributed by atoms with Crippen LogP contribution >= 0.6 is 0 Å². The lowest BCUT2D eigenvalue weighted by Gasteiger charge is -2.28. The van der Waals surface area contributed by atoms with Crippen LogP contribution in [0.15, 0.2) is 48.5 Å². The molecule has 0 bridgehead atoms. The molecule has 0 aliphatic carbocycles. The SMILES string of the molecule is CCO[Si](CCCNC(C)=O)(OCC)OCC.Oc1ccccc1Cc1ccccc1O. The van der Waals surface area contributed by atoms with Crippen LogP contribution in [0.4, 0.5) is 0 Å². The van der Waals surface area contributed by atoms with Crippen LogP contribution in [0.3, 0.4) is 0 Å². The highest BCUT2D eigenvalue weighted by Crippen LogP contribution is 2.24. The zero-order valence-corrected chi connectivity index (χ0v) is 20.6. The number of rotatable bonds is 12.